The second-order valence-electron chi connectivity index (χ2n) is 0.688. The Balaban J connectivity index is 3.02. The van der Waals surface area contributed by atoms with Crippen molar-refractivity contribution in [1.29, 1.82) is 0 Å². The Labute approximate surface area is 62.8 Å². The van der Waals surface area contributed by atoms with Crippen molar-refractivity contribution in [2.75, 3.05) is 6.26 Å². The Kier molecular flexibility index (Phi) is 3.53. The summed E-state index contributed by atoms with van der Waals surface area (Å²) in [5.74, 6) is 0. The third-order valence-electron chi connectivity index (χ3n) is 0. The summed E-state index contributed by atoms with van der Waals surface area (Å²) in [6.07, 6.45) is 2.11. The summed E-state index contributed by atoms with van der Waals surface area (Å²) in [5.41, 5.74) is 0. The molecule has 0 fully saturated rings. The summed E-state index contributed by atoms with van der Waals surface area (Å²) < 4.78 is -0.532. The zero-order valence-electron chi connectivity index (χ0n) is 2.61. The average Bonchev–Trinajstić information content (AvgIpc) is 0.722. The highest BCUT2D eigenvalue weighted by Crippen LogP contribution is 2.64. The lowest BCUT2D eigenvalue weighted by molar-refractivity contribution is 2.54. The summed E-state index contributed by atoms with van der Waals surface area (Å²) in [5, 5.41) is 0. The molecule has 0 unspecified atom stereocenters. The third kappa shape index (κ3) is 22.8. The van der Waals surface area contributed by atoms with Crippen molar-refractivity contribution >= 4 is 57.5 Å². The molecule has 0 aromatic carbocycles. The number of hydrogen-bond acceptors (Lipinski definition) is 1. The van der Waals surface area contributed by atoms with E-state index in [0.29, 0.717) is 0 Å². The van der Waals surface area contributed by atoms with Gasteiger partial charge in [-0.15, -0.1) is 11.7 Å². The van der Waals surface area contributed by atoms with Crippen LogP contribution in [0.2, 0.25) is 0 Å². The van der Waals surface area contributed by atoms with Crippen molar-refractivity contribution in [3.05, 3.63) is 0 Å². The first-order valence-electron chi connectivity index (χ1n) is 0.899. The second-order valence-corrected chi connectivity index (χ2v) is 24.1. The minimum atomic E-state index is -0.532. The standard InChI is InChI=1S/CH4I2S2/c1-5(2,3)4/h4H,1H3. The zero-order valence-corrected chi connectivity index (χ0v) is 8.64. The predicted molar refractivity (Wildman–Crippen MR) is 50.5 cm³/mol. The van der Waals surface area contributed by atoms with Crippen LogP contribution in [0, 0.1) is 0 Å². The first-order valence-corrected chi connectivity index (χ1v) is 9.08. The number of halogens is 2. The Hall–Kier alpha value is 2.16. The Morgan fingerprint density at radius 1 is 1.60 bits per heavy atom. The fourth-order valence-electron chi connectivity index (χ4n) is 0. The second kappa shape index (κ2) is 2.46. The van der Waals surface area contributed by atoms with Gasteiger partial charge in [-0.05, 0) is 48.7 Å². The molecular weight excluding hydrogens is 330 g/mol. The molecule has 0 rings (SSSR count). The van der Waals surface area contributed by atoms with Gasteiger partial charge in [0.2, 0.25) is 0 Å². The van der Waals surface area contributed by atoms with Crippen molar-refractivity contribution in [2.24, 2.45) is 0 Å². The molecule has 0 heterocycles. The SMILES string of the molecule is CS(S)(I)I. The van der Waals surface area contributed by atoms with Gasteiger partial charge < -0.3 is 0 Å². The molecule has 0 aliphatic carbocycles. The van der Waals surface area contributed by atoms with E-state index in [1.807, 2.05) is 0 Å². The van der Waals surface area contributed by atoms with Crippen LogP contribution in [0.5, 0.6) is 0 Å². The molecule has 0 bridgehead atoms. The minimum absolute atomic E-state index is 0.532. The maximum Gasteiger partial charge on any atom is -0.00501 e. The molecule has 0 spiro atoms. The first kappa shape index (κ1) is 7.16. The smallest absolute Gasteiger partial charge is 0.00501 e. The summed E-state index contributed by atoms with van der Waals surface area (Å²) >= 11 is 8.80. The van der Waals surface area contributed by atoms with E-state index in [1.165, 1.54) is 0 Å². The fraction of sp³-hybridized carbons (Fsp3) is 1.00. The fourth-order valence-corrected chi connectivity index (χ4v) is 0. The molecule has 4 heteroatoms. The van der Waals surface area contributed by atoms with E-state index in [-0.39, 0.29) is 0 Å². The monoisotopic (exact) mass is 334 g/mol. The molecule has 5 heavy (non-hydrogen) atoms. The van der Waals surface area contributed by atoms with Gasteiger partial charge in [0, 0.05) is 0 Å². The van der Waals surface area contributed by atoms with E-state index in [9.17, 15) is 0 Å². The Morgan fingerprint density at radius 2 is 1.60 bits per heavy atom. The number of rotatable bonds is 0. The average molecular weight is 334 g/mol. The predicted octanol–water partition coefficient (Wildman–Crippen LogP) is 2.97. The molecule has 34 valence electrons. The zero-order chi connectivity index (χ0) is 4.50. The lowest BCUT2D eigenvalue weighted by atomic mass is 12.0. The lowest BCUT2D eigenvalue weighted by Gasteiger charge is -2.06. The maximum atomic E-state index is 4.18. The van der Waals surface area contributed by atoms with Gasteiger partial charge in [-0.3, -0.25) is 0 Å². The van der Waals surface area contributed by atoms with Gasteiger partial charge in [-0.1, -0.05) is 3.40 Å². The molecular formula is CH4I2S2. The van der Waals surface area contributed by atoms with Crippen LogP contribution >= 0.6 is 57.5 Å². The third-order valence-corrected chi connectivity index (χ3v) is 0. The van der Waals surface area contributed by atoms with E-state index < -0.39 is 3.40 Å². The molecule has 0 aliphatic heterocycles. The van der Waals surface area contributed by atoms with Crippen LogP contribution in [0.4, 0.5) is 0 Å². The quantitative estimate of drug-likeness (QED) is 0.393. The van der Waals surface area contributed by atoms with E-state index in [0.717, 1.165) is 0 Å². The highest BCUT2D eigenvalue weighted by Gasteiger charge is 1.94. The highest BCUT2D eigenvalue weighted by atomic mass is 127. The summed E-state index contributed by atoms with van der Waals surface area (Å²) in [4.78, 5) is 0. The lowest BCUT2D eigenvalue weighted by Crippen LogP contribution is -1.47. The molecule has 0 atom stereocenters. The maximum absolute atomic E-state index is 4.18. The highest BCUT2D eigenvalue weighted by molar-refractivity contribution is 14.3. The summed E-state index contributed by atoms with van der Waals surface area (Å²) in [6, 6.07) is 0. The molecule has 0 radical (unpaired) electrons. The van der Waals surface area contributed by atoms with Gasteiger partial charge in [-0.25, -0.2) is 0 Å². The molecule has 0 N–H and O–H groups in total. The molecule has 0 aromatic heterocycles. The van der Waals surface area contributed by atoms with Crippen LogP contribution in [-0.4, -0.2) is 6.26 Å². The largest absolute Gasteiger partial charge is 0.112 e. The van der Waals surface area contributed by atoms with Crippen LogP contribution in [0.25, 0.3) is 0 Å². The van der Waals surface area contributed by atoms with Crippen molar-refractivity contribution in [3.63, 3.8) is 0 Å². The Bertz CT molecular complexity index is 23.1. The van der Waals surface area contributed by atoms with Crippen molar-refractivity contribution < 1.29 is 0 Å². The van der Waals surface area contributed by atoms with Crippen LogP contribution in [0.1, 0.15) is 0 Å². The number of thiol groups is 1. The molecule has 0 aliphatic rings. The van der Waals surface area contributed by atoms with Gasteiger partial charge in [-0.2, -0.15) is 0 Å². The first-order chi connectivity index (χ1) is 2.00. The van der Waals surface area contributed by atoms with E-state index in [2.05, 4.69) is 60.3 Å². The molecule has 0 saturated carbocycles. The van der Waals surface area contributed by atoms with Gasteiger partial charge >= 0.3 is 0 Å². The molecule has 0 amide bonds. The van der Waals surface area contributed by atoms with Gasteiger partial charge in [0.25, 0.3) is 0 Å². The van der Waals surface area contributed by atoms with E-state index in [4.69, 9.17) is 0 Å². The normalized spacial score (nSPS) is 15.2. The van der Waals surface area contributed by atoms with Crippen LogP contribution in [-0.2, 0) is 0 Å². The minimum Gasteiger partial charge on any atom is -0.112 e. The summed E-state index contributed by atoms with van der Waals surface area (Å²) in [6.45, 7) is 0. The van der Waals surface area contributed by atoms with Gasteiger partial charge in [0.15, 0.2) is 0 Å². The van der Waals surface area contributed by atoms with E-state index >= 15 is 0 Å². The van der Waals surface area contributed by atoms with Gasteiger partial charge in [0.1, 0.15) is 0 Å². The van der Waals surface area contributed by atoms with Crippen molar-refractivity contribution in [1.82, 2.24) is 0 Å². The van der Waals surface area contributed by atoms with Gasteiger partial charge in [0.05, 0.1) is 0 Å². The topological polar surface area (TPSA) is 0 Å². The van der Waals surface area contributed by atoms with Crippen molar-refractivity contribution in [2.45, 2.75) is 0 Å². The van der Waals surface area contributed by atoms with Crippen LogP contribution in [0.3, 0.4) is 0 Å². The van der Waals surface area contributed by atoms with Crippen LogP contribution in [0.15, 0.2) is 0 Å². The molecule has 0 saturated heterocycles. The Morgan fingerprint density at radius 3 is 1.60 bits per heavy atom. The van der Waals surface area contributed by atoms with Crippen LogP contribution < -0.4 is 0 Å². The summed E-state index contributed by atoms with van der Waals surface area (Å²) in [7, 11) is 0. The van der Waals surface area contributed by atoms with Crippen molar-refractivity contribution in [3.8, 4) is 0 Å². The van der Waals surface area contributed by atoms with E-state index in [1.54, 1.807) is 0 Å². The number of hydrogen-bond donors (Lipinski definition) is 1. The molecule has 0 aromatic rings. The molecule has 0 nitrogen and oxygen atoms in total.